The number of hydrogen-bond donors (Lipinski definition) is 1. The molecule has 0 bridgehead atoms. The zero-order valence-electron chi connectivity index (χ0n) is 10.6. The first-order chi connectivity index (χ1) is 8.49. The Bertz CT molecular complexity index is 430. The number of rotatable bonds is 3. The van der Waals surface area contributed by atoms with Gasteiger partial charge in [-0.3, -0.25) is 4.79 Å². The highest BCUT2D eigenvalue weighted by molar-refractivity contribution is 6.30. The fourth-order valence-electron chi connectivity index (χ4n) is 2.40. The van der Waals surface area contributed by atoms with E-state index < -0.39 is 6.10 Å². The van der Waals surface area contributed by atoms with Gasteiger partial charge in [0.2, 0.25) is 5.91 Å². The summed E-state index contributed by atoms with van der Waals surface area (Å²) < 4.78 is 0. The molecule has 2 rings (SSSR count). The maximum absolute atomic E-state index is 11.8. The van der Waals surface area contributed by atoms with Crippen LogP contribution in [0.4, 0.5) is 0 Å². The number of aliphatic hydroxyl groups is 1. The fourth-order valence-corrected chi connectivity index (χ4v) is 2.53. The van der Waals surface area contributed by atoms with E-state index in [2.05, 4.69) is 0 Å². The van der Waals surface area contributed by atoms with Gasteiger partial charge in [-0.25, -0.2) is 0 Å². The van der Waals surface area contributed by atoms with Gasteiger partial charge >= 0.3 is 0 Å². The molecule has 0 aliphatic carbocycles. The van der Waals surface area contributed by atoms with Crippen LogP contribution in [0.2, 0.25) is 5.02 Å². The number of nitrogens with zero attached hydrogens (tertiary/aromatic N) is 1. The lowest BCUT2D eigenvalue weighted by atomic mass is 9.95. The van der Waals surface area contributed by atoms with Crippen molar-refractivity contribution in [3.05, 3.63) is 34.9 Å². The van der Waals surface area contributed by atoms with Crippen LogP contribution in [-0.2, 0) is 4.79 Å². The van der Waals surface area contributed by atoms with Crippen LogP contribution in [0, 0.1) is 5.92 Å². The number of likely N-dealkylation sites (tertiary alicyclic amines) is 1. The van der Waals surface area contributed by atoms with Crippen LogP contribution < -0.4 is 0 Å². The molecule has 1 saturated heterocycles. The molecule has 1 amide bonds. The molecule has 4 heteroatoms. The van der Waals surface area contributed by atoms with Crippen LogP contribution in [-0.4, -0.2) is 28.5 Å². The SMILES string of the molecule is CC(C)N1CC(C(O)c2ccc(Cl)cc2)CC1=O. The van der Waals surface area contributed by atoms with Crippen LogP contribution in [0.25, 0.3) is 0 Å². The molecular formula is C14H18ClNO2. The predicted molar refractivity (Wildman–Crippen MR) is 71.4 cm³/mol. The van der Waals surface area contributed by atoms with E-state index in [0.717, 1.165) is 5.56 Å². The lowest BCUT2D eigenvalue weighted by Gasteiger charge is -2.22. The lowest BCUT2D eigenvalue weighted by Crippen LogP contribution is -2.32. The first-order valence-corrected chi connectivity index (χ1v) is 6.60. The molecular weight excluding hydrogens is 250 g/mol. The Morgan fingerprint density at radius 3 is 2.44 bits per heavy atom. The van der Waals surface area contributed by atoms with Gasteiger partial charge in [0.15, 0.2) is 0 Å². The molecule has 0 spiro atoms. The maximum atomic E-state index is 11.8. The Morgan fingerprint density at radius 1 is 1.33 bits per heavy atom. The van der Waals surface area contributed by atoms with E-state index in [0.29, 0.717) is 18.0 Å². The van der Waals surface area contributed by atoms with Crippen molar-refractivity contribution in [3.63, 3.8) is 0 Å². The molecule has 0 radical (unpaired) electrons. The van der Waals surface area contributed by atoms with Gasteiger partial charge in [-0.2, -0.15) is 0 Å². The lowest BCUT2D eigenvalue weighted by molar-refractivity contribution is -0.129. The van der Waals surface area contributed by atoms with Gasteiger partial charge in [0.05, 0.1) is 6.10 Å². The summed E-state index contributed by atoms with van der Waals surface area (Å²) in [5.41, 5.74) is 0.822. The predicted octanol–water partition coefficient (Wildman–Crippen LogP) is 2.63. The Labute approximate surface area is 112 Å². The Hall–Kier alpha value is -1.06. The highest BCUT2D eigenvalue weighted by Gasteiger charge is 2.35. The van der Waals surface area contributed by atoms with Crippen molar-refractivity contribution in [3.8, 4) is 0 Å². The second kappa shape index (κ2) is 5.29. The van der Waals surface area contributed by atoms with E-state index in [1.165, 1.54) is 0 Å². The number of amides is 1. The third-order valence-corrected chi connectivity index (χ3v) is 3.72. The molecule has 1 fully saturated rings. The average Bonchev–Trinajstić information content (AvgIpc) is 2.71. The second-order valence-electron chi connectivity index (χ2n) is 5.10. The van der Waals surface area contributed by atoms with Crippen molar-refractivity contribution < 1.29 is 9.90 Å². The van der Waals surface area contributed by atoms with Gasteiger partial charge in [0.25, 0.3) is 0 Å². The van der Waals surface area contributed by atoms with Crippen LogP contribution in [0.1, 0.15) is 31.9 Å². The topological polar surface area (TPSA) is 40.5 Å². The molecule has 1 aliphatic heterocycles. The van der Waals surface area contributed by atoms with Crippen molar-refractivity contribution in [2.45, 2.75) is 32.4 Å². The van der Waals surface area contributed by atoms with Crippen molar-refractivity contribution in [2.24, 2.45) is 5.92 Å². The Kier molecular flexibility index (Phi) is 3.93. The highest BCUT2D eigenvalue weighted by Crippen LogP contribution is 2.32. The quantitative estimate of drug-likeness (QED) is 0.915. The number of hydrogen-bond acceptors (Lipinski definition) is 2. The number of carbonyl (C=O) groups is 1. The average molecular weight is 268 g/mol. The van der Waals surface area contributed by atoms with Crippen molar-refractivity contribution in [2.75, 3.05) is 6.54 Å². The summed E-state index contributed by atoms with van der Waals surface area (Å²) in [6.45, 7) is 4.62. The van der Waals surface area contributed by atoms with Crippen molar-refractivity contribution in [1.29, 1.82) is 0 Å². The standard InChI is InChI=1S/C14H18ClNO2/c1-9(2)16-8-11(7-13(16)17)14(18)10-3-5-12(15)6-4-10/h3-6,9,11,14,18H,7-8H2,1-2H3. The molecule has 1 aromatic rings. The molecule has 1 aromatic carbocycles. The summed E-state index contributed by atoms with van der Waals surface area (Å²) in [4.78, 5) is 13.6. The summed E-state index contributed by atoms with van der Waals surface area (Å²) in [5.74, 6) is 0.101. The van der Waals surface area contributed by atoms with Crippen LogP contribution in [0.15, 0.2) is 24.3 Å². The van der Waals surface area contributed by atoms with Gasteiger partial charge in [-0.05, 0) is 31.5 Å². The van der Waals surface area contributed by atoms with E-state index in [4.69, 9.17) is 11.6 Å². The summed E-state index contributed by atoms with van der Waals surface area (Å²) in [5, 5.41) is 11.0. The Balaban J connectivity index is 2.09. The second-order valence-corrected chi connectivity index (χ2v) is 5.54. The molecule has 98 valence electrons. The minimum absolute atomic E-state index is 0.0268. The number of aliphatic hydroxyl groups excluding tert-OH is 1. The molecule has 2 atom stereocenters. The molecule has 1 aliphatic rings. The number of benzene rings is 1. The van der Waals surface area contributed by atoms with E-state index >= 15 is 0 Å². The third-order valence-electron chi connectivity index (χ3n) is 3.47. The van der Waals surface area contributed by atoms with Gasteiger partial charge in [0.1, 0.15) is 0 Å². The minimum atomic E-state index is -0.602. The van der Waals surface area contributed by atoms with Crippen molar-refractivity contribution >= 4 is 17.5 Å². The first kappa shape index (κ1) is 13.4. The largest absolute Gasteiger partial charge is 0.388 e. The van der Waals surface area contributed by atoms with E-state index in [1.807, 2.05) is 30.9 Å². The normalized spacial score (nSPS) is 21.7. The highest BCUT2D eigenvalue weighted by atomic mass is 35.5. The molecule has 3 nitrogen and oxygen atoms in total. The molecule has 18 heavy (non-hydrogen) atoms. The monoisotopic (exact) mass is 267 g/mol. The zero-order chi connectivity index (χ0) is 13.3. The van der Waals surface area contributed by atoms with Crippen molar-refractivity contribution in [1.82, 2.24) is 4.90 Å². The summed E-state index contributed by atoms with van der Waals surface area (Å²) >= 11 is 5.82. The van der Waals surface area contributed by atoms with Gasteiger partial charge < -0.3 is 10.0 Å². The van der Waals surface area contributed by atoms with Crippen LogP contribution >= 0.6 is 11.6 Å². The van der Waals surface area contributed by atoms with E-state index in [9.17, 15) is 9.90 Å². The van der Waals surface area contributed by atoms with Gasteiger partial charge in [-0.15, -0.1) is 0 Å². The molecule has 0 saturated carbocycles. The number of halogens is 1. The smallest absolute Gasteiger partial charge is 0.223 e. The third kappa shape index (κ3) is 2.68. The van der Waals surface area contributed by atoms with Gasteiger partial charge in [-0.1, -0.05) is 23.7 Å². The summed E-state index contributed by atoms with van der Waals surface area (Å²) in [6.07, 6.45) is -0.183. The van der Waals surface area contributed by atoms with E-state index in [1.54, 1.807) is 12.1 Å². The van der Waals surface area contributed by atoms with Gasteiger partial charge in [0, 0.05) is 29.9 Å². The fraction of sp³-hybridized carbons (Fsp3) is 0.500. The Morgan fingerprint density at radius 2 is 1.94 bits per heavy atom. The van der Waals surface area contributed by atoms with E-state index in [-0.39, 0.29) is 17.9 Å². The maximum Gasteiger partial charge on any atom is 0.223 e. The van der Waals surface area contributed by atoms with Crippen LogP contribution in [0.5, 0.6) is 0 Å². The summed E-state index contributed by atoms with van der Waals surface area (Å²) in [6, 6.07) is 7.35. The molecule has 2 unspecified atom stereocenters. The minimum Gasteiger partial charge on any atom is -0.388 e. The zero-order valence-corrected chi connectivity index (χ0v) is 11.4. The molecule has 1 heterocycles. The molecule has 1 N–H and O–H groups in total. The molecule has 0 aromatic heterocycles. The number of carbonyl (C=O) groups excluding carboxylic acids is 1. The van der Waals surface area contributed by atoms with Crippen LogP contribution in [0.3, 0.4) is 0 Å². The summed E-state index contributed by atoms with van der Waals surface area (Å²) in [7, 11) is 0. The first-order valence-electron chi connectivity index (χ1n) is 6.22.